The third-order valence-corrected chi connectivity index (χ3v) is 4.07. The van der Waals surface area contributed by atoms with E-state index in [1.54, 1.807) is 4.90 Å². The maximum absolute atomic E-state index is 12.2. The molecule has 144 valence electrons. The molecule has 2 N–H and O–H groups in total. The van der Waals surface area contributed by atoms with Crippen molar-refractivity contribution in [2.75, 3.05) is 19.6 Å². The minimum Gasteiger partial charge on any atom is -0.445 e. The third kappa shape index (κ3) is 6.55. The van der Waals surface area contributed by atoms with E-state index in [2.05, 4.69) is 5.32 Å². The Kier molecular flexibility index (Phi) is 6.85. The van der Waals surface area contributed by atoms with Gasteiger partial charge in [0, 0.05) is 25.6 Å². The molecule has 1 aromatic carbocycles. The van der Waals surface area contributed by atoms with Gasteiger partial charge in [-0.3, -0.25) is 0 Å². The molecule has 26 heavy (non-hydrogen) atoms. The van der Waals surface area contributed by atoms with Crippen molar-refractivity contribution in [1.82, 2.24) is 10.2 Å². The van der Waals surface area contributed by atoms with Crippen LogP contribution in [0.5, 0.6) is 0 Å². The first-order chi connectivity index (χ1) is 12.2. The van der Waals surface area contributed by atoms with Crippen molar-refractivity contribution in [2.45, 2.75) is 45.5 Å². The summed E-state index contributed by atoms with van der Waals surface area (Å²) in [5.74, 6) is -0.263. The van der Waals surface area contributed by atoms with Gasteiger partial charge in [-0.25, -0.2) is 9.59 Å². The van der Waals surface area contributed by atoms with Crippen molar-refractivity contribution < 1.29 is 24.2 Å². The minimum absolute atomic E-state index is 0.184. The zero-order valence-electron chi connectivity index (χ0n) is 15.6. The SMILES string of the molecule is CC(C)(C)OC(=O)N1CCC(O)C(CNC(=O)OCc2ccccc2)C1. The summed E-state index contributed by atoms with van der Waals surface area (Å²) in [5, 5.41) is 12.8. The highest BCUT2D eigenvalue weighted by molar-refractivity contribution is 5.68. The van der Waals surface area contributed by atoms with Gasteiger partial charge in [0.2, 0.25) is 0 Å². The lowest BCUT2D eigenvalue weighted by molar-refractivity contribution is -0.00794. The number of rotatable bonds is 4. The van der Waals surface area contributed by atoms with Crippen LogP contribution >= 0.6 is 0 Å². The second-order valence-electron chi connectivity index (χ2n) is 7.49. The molecule has 1 fully saturated rings. The summed E-state index contributed by atoms with van der Waals surface area (Å²) in [7, 11) is 0. The number of amides is 2. The molecule has 0 radical (unpaired) electrons. The van der Waals surface area contributed by atoms with Gasteiger partial charge in [-0.15, -0.1) is 0 Å². The topological polar surface area (TPSA) is 88.1 Å². The number of ether oxygens (including phenoxy) is 2. The molecule has 1 aliphatic rings. The number of nitrogens with zero attached hydrogens (tertiary/aromatic N) is 1. The van der Waals surface area contributed by atoms with Gasteiger partial charge in [0.05, 0.1) is 6.10 Å². The van der Waals surface area contributed by atoms with E-state index in [0.29, 0.717) is 19.5 Å². The lowest BCUT2D eigenvalue weighted by atomic mass is 9.95. The highest BCUT2D eigenvalue weighted by Gasteiger charge is 2.32. The van der Waals surface area contributed by atoms with Crippen molar-refractivity contribution in [3.05, 3.63) is 35.9 Å². The number of aliphatic hydroxyl groups excluding tert-OH is 1. The van der Waals surface area contributed by atoms with Crippen molar-refractivity contribution in [3.8, 4) is 0 Å². The highest BCUT2D eigenvalue weighted by atomic mass is 16.6. The van der Waals surface area contributed by atoms with Gasteiger partial charge in [0.15, 0.2) is 0 Å². The lowest BCUT2D eigenvalue weighted by Gasteiger charge is -2.36. The molecular formula is C19H28N2O5. The molecule has 2 atom stereocenters. The molecule has 7 nitrogen and oxygen atoms in total. The Bertz CT molecular complexity index is 600. The van der Waals surface area contributed by atoms with E-state index < -0.39 is 23.9 Å². The molecule has 0 bridgehead atoms. The van der Waals surface area contributed by atoms with E-state index in [1.807, 2.05) is 51.1 Å². The van der Waals surface area contributed by atoms with Gasteiger partial charge in [-0.1, -0.05) is 30.3 Å². The quantitative estimate of drug-likeness (QED) is 0.857. The van der Waals surface area contributed by atoms with Crippen LogP contribution in [0, 0.1) is 5.92 Å². The van der Waals surface area contributed by atoms with E-state index in [4.69, 9.17) is 9.47 Å². The predicted molar refractivity (Wildman–Crippen MR) is 96.6 cm³/mol. The molecule has 0 aliphatic carbocycles. The summed E-state index contributed by atoms with van der Waals surface area (Å²) in [6, 6.07) is 9.39. The number of carbonyl (C=O) groups is 2. The Morgan fingerprint density at radius 3 is 2.62 bits per heavy atom. The van der Waals surface area contributed by atoms with Crippen LogP contribution in [0.1, 0.15) is 32.8 Å². The first-order valence-electron chi connectivity index (χ1n) is 8.85. The molecule has 0 aromatic heterocycles. The Morgan fingerprint density at radius 2 is 1.96 bits per heavy atom. The first-order valence-corrected chi connectivity index (χ1v) is 8.85. The number of piperidine rings is 1. The molecule has 1 heterocycles. The Hall–Kier alpha value is -2.28. The molecule has 7 heteroatoms. The summed E-state index contributed by atoms with van der Waals surface area (Å²) in [6.45, 7) is 6.61. The molecule has 0 spiro atoms. The largest absolute Gasteiger partial charge is 0.445 e. The summed E-state index contributed by atoms with van der Waals surface area (Å²) in [5.41, 5.74) is 0.332. The maximum Gasteiger partial charge on any atom is 0.410 e. The summed E-state index contributed by atoms with van der Waals surface area (Å²) >= 11 is 0. The minimum atomic E-state index is -0.580. The molecule has 1 aliphatic heterocycles. The van der Waals surface area contributed by atoms with Gasteiger partial charge < -0.3 is 24.8 Å². The molecule has 0 saturated carbocycles. The van der Waals surface area contributed by atoms with Crippen molar-refractivity contribution in [3.63, 3.8) is 0 Å². The highest BCUT2D eigenvalue weighted by Crippen LogP contribution is 2.19. The van der Waals surface area contributed by atoms with Crippen LogP contribution in [0.2, 0.25) is 0 Å². The maximum atomic E-state index is 12.2. The second kappa shape index (κ2) is 8.89. The number of likely N-dealkylation sites (tertiary alicyclic amines) is 1. The summed E-state index contributed by atoms with van der Waals surface area (Å²) in [4.78, 5) is 25.6. The molecular weight excluding hydrogens is 336 g/mol. The molecule has 2 rings (SSSR count). The Labute approximate surface area is 154 Å². The number of hydrogen-bond donors (Lipinski definition) is 2. The van der Waals surface area contributed by atoms with E-state index in [-0.39, 0.29) is 19.1 Å². The lowest BCUT2D eigenvalue weighted by Crippen LogP contribution is -2.50. The van der Waals surface area contributed by atoms with Crippen molar-refractivity contribution >= 4 is 12.2 Å². The van der Waals surface area contributed by atoms with Crippen LogP contribution < -0.4 is 5.32 Å². The fraction of sp³-hybridized carbons (Fsp3) is 0.579. The van der Waals surface area contributed by atoms with Gasteiger partial charge in [-0.05, 0) is 32.8 Å². The van der Waals surface area contributed by atoms with Crippen molar-refractivity contribution in [1.29, 1.82) is 0 Å². The Morgan fingerprint density at radius 1 is 1.27 bits per heavy atom. The Balaban J connectivity index is 1.78. The third-order valence-electron chi connectivity index (χ3n) is 4.07. The number of aliphatic hydroxyl groups is 1. The van der Waals surface area contributed by atoms with Gasteiger partial charge in [0.25, 0.3) is 0 Å². The first kappa shape index (κ1) is 20.0. The van der Waals surface area contributed by atoms with Gasteiger partial charge >= 0.3 is 12.2 Å². The molecule has 2 unspecified atom stereocenters. The van der Waals surface area contributed by atoms with Crippen LogP contribution in [-0.2, 0) is 16.1 Å². The zero-order valence-corrected chi connectivity index (χ0v) is 15.6. The van der Waals surface area contributed by atoms with Gasteiger partial charge in [0.1, 0.15) is 12.2 Å². The average Bonchev–Trinajstić information content (AvgIpc) is 2.58. The fourth-order valence-electron chi connectivity index (χ4n) is 2.70. The van der Waals surface area contributed by atoms with Gasteiger partial charge in [-0.2, -0.15) is 0 Å². The van der Waals surface area contributed by atoms with E-state index in [0.717, 1.165) is 5.56 Å². The summed E-state index contributed by atoms with van der Waals surface area (Å²) in [6.07, 6.45) is -1.08. The van der Waals surface area contributed by atoms with Crippen LogP contribution in [0.4, 0.5) is 9.59 Å². The molecule has 2 amide bonds. The van der Waals surface area contributed by atoms with Crippen LogP contribution in [0.3, 0.4) is 0 Å². The summed E-state index contributed by atoms with van der Waals surface area (Å²) < 4.78 is 10.5. The normalized spacial score (nSPS) is 20.4. The van der Waals surface area contributed by atoms with E-state index in [9.17, 15) is 14.7 Å². The second-order valence-corrected chi connectivity index (χ2v) is 7.49. The van der Waals surface area contributed by atoms with Crippen LogP contribution in [0.25, 0.3) is 0 Å². The fourth-order valence-corrected chi connectivity index (χ4v) is 2.70. The molecule has 1 saturated heterocycles. The standard InChI is InChI=1S/C19H28N2O5/c1-19(2,3)26-18(24)21-10-9-16(22)15(12-21)11-20-17(23)25-13-14-7-5-4-6-8-14/h4-8,15-16,22H,9-13H2,1-3H3,(H,20,23). The number of benzene rings is 1. The van der Waals surface area contributed by atoms with E-state index in [1.165, 1.54) is 0 Å². The smallest absolute Gasteiger partial charge is 0.410 e. The van der Waals surface area contributed by atoms with Crippen molar-refractivity contribution in [2.24, 2.45) is 5.92 Å². The number of hydrogen-bond acceptors (Lipinski definition) is 5. The van der Waals surface area contributed by atoms with Crippen LogP contribution in [0.15, 0.2) is 30.3 Å². The number of carbonyl (C=O) groups excluding carboxylic acids is 2. The number of alkyl carbamates (subject to hydrolysis) is 1. The molecule has 1 aromatic rings. The van der Waals surface area contributed by atoms with E-state index >= 15 is 0 Å². The monoisotopic (exact) mass is 364 g/mol. The zero-order chi connectivity index (χ0) is 19.2. The average molecular weight is 364 g/mol. The predicted octanol–water partition coefficient (Wildman–Crippen LogP) is 2.53. The number of nitrogens with one attached hydrogen (secondary N) is 1. The van der Waals surface area contributed by atoms with Crippen LogP contribution in [-0.4, -0.2) is 53.5 Å².